The van der Waals surface area contributed by atoms with Crippen molar-refractivity contribution in [3.63, 3.8) is 0 Å². The Balaban J connectivity index is 2.20. The zero-order valence-corrected chi connectivity index (χ0v) is 17.4. The number of ether oxygens (including phenoxy) is 1. The number of thiophene rings is 1. The van der Waals surface area contributed by atoms with Crippen molar-refractivity contribution in [3.05, 3.63) is 50.8 Å². The molecule has 0 spiro atoms. The van der Waals surface area contributed by atoms with Crippen molar-refractivity contribution in [2.75, 3.05) is 11.4 Å². The zero-order chi connectivity index (χ0) is 19.9. The average molecular weight is 428 g/mol. The van der Waals surface area contributed by atoms with Crippen LogP contribution in [0, 0.1) is 5.41 Å². The molecule has 0 saturated carbocycles. The minimum absolute atomic E-state index is 0.253. The number of amides is 1. The molecule has 0 bridgehead atoms. The Morgan fingerprint density at radius 1 is 1.26 bits per heavy atom. The van der Waals surface area contributed by atoms with Crippen LogP contribution >= 0.6 is 34.5 Å². The Hall–Kier alpha value is -1.60. The number of carboxylic acids is 1. The molecule has 1 N–H and O–H groups in total. The lowest BCUT2D eigenvalue weighted by molar-refractivity contribution is -0.158. The van der Waals surface area contributed by atoms with Crippen LogP contribution < -0.4 is 4.90 Å². The smallest absolute Gasteiger partial charge is 0.342 e. The molecule has 0 aliphatic carbocycles. The van der Waals surface area contributed by atoms with Gasteiger partial charge in [-0.1, -0.05) is 62.2 Å². The fraction of sp³-hybridized carbons (Fsp3) is 0.368. The maximum absolute atomic E-state index is 13.0. The molecule has 0 saturated heterocycles. The first-order valence-electron chi connectivity index (χ1n) is 8.32. The van der Waals surface area contributed by atoms with Crippen LogP contribution in [0.15, 0.2) is 30.3 Å². The van der Waals surface area contributed by atoms with Gasteiger partial charge < -0.3 is 14.7 Å². The van der Waals surface area contributed by atoms with Gasteiger partial charge in [0.1, 0.15) is 11.1 Å². The van der Waals surface area contributed by atoms with Gasteiger partial charge in [0.2, 0.25) is 6.10 Å². The van der Waals surface area contributed by atoms with Crippen molar-refractivity contribution in [1.29, 1.82) is 0 Å². The van der Waals surface area contributed by atoms with Crippen LogP contribution in [0.1, 0.15) is 38.0 Å². The largest absolute Gasteiger partial charge is 0.479 e. The number of carbonyl (C=O) groups excluding carboxylic acids is 1. The minimum atomic E-state index is -1.63. The van der Waals surface area contributed by atoms with E-state index in [0.29, 0.717) is 32.0 Å². The molecule has 2 atom stereocenters. The first kappa shape index (κ1) is 20.1. The number of aliphatic carboxylic acids is 1. The summed E-state index contributed by atoms with van der Waals surface area (Å²) in [5.41, 5.74) is 0.974. The molecule has 8 heteroatoms. The molecule has 3 rings (SSSR count). The molecule has 1 aliphatic heterocycles. The molecule has 1 aliphatic rings. The van der Waals surface area contributed by atoms with E-state index < -0.39 is 24.1 Å². The van der Waals surface area contributed by atoms with E-state index in [2.05, 4.69) is 0 Å². The third-order valence-corrected chi connectivity index (χ3v) is 5.69. The second kappa shape index (κ2) is 7.43. The molecule has 144 valence electrons. The predicted molar refractivity (Wildman–Crippen MR) is 107 cm³/mol. The summed E-state index contributed by atoms with van der Waals surface area (Å²) in [4.78, 5) is 26.3. The van der Waals surface area contributed by atoms with E-state index in [-0.39, 0.29) is 5.41 Å². The number of fused-ring (bicyclic) bond motifs is 1. The van der Waals surface area contributed by atoms with Gasteiger partial charge in [0.15, 0.2) is 0 Å². The van der Waals surface area contributed by atoms with Crippen LogP contribution in [0.2, 0.25) is 9.36 Å². The van der Waals surface area contributed by atoms with E-state index in [0.717, 1.165) is 0 Å². The Kier molecular flexibility index (Phi) is 5.54. The highest BCUT2D eigenvalue weighted by molar-refractivity contribution is 7.20. The summed E-state index contributed by atoms with van der Waals surface area (Å²) in [6.07, 6.45) is -2.44. The van der Waals surface area contributed by atoms with Gasteiger partial charge in [-0.05, 0) is 17.5 Å². The summed E-state index contributed by atoms with van der Waals surface area (Å²) in [5.74, 6) is -1.95. The Bertz CT molecular complexity index is 890. The monoisotopic (exact) mass is 427 g/mol. The number of rotatable bonds is 3. The lowest BCUT2D eigenvalue weighted by atomic mass is 9.95. The Labute approximate surface area is 171 Å². The van der Waals surface area contributed by atoms with E-state index in [1.807, 2.05) is 20.8 Å². The van der Waals surface area contributed by atoms with Crippen LogP contribution in [-0.2, 0) is 14.3 Å². The predicted octanol–water partition coefficient (Wildman–Crippen LogP) is 5.01. The lowest BCUT2D eigenvalue weighted by Gasteiger charge is -2.29. The fourth-order valence-electron chi connectivity index (χ4n) is 2.99. The van der Waals surface area contributed by atoms with Gasteiger partial charge >= 0.3 is 5.97 Å². The molecule has 2 unspecified atom stereocenters. The van der Waals surface area contributed by atoms with Crippen molar-refractivity contribution >= 4 is 51.4 Å². The van der Waals surface area contributed by atoms with Crippen molar-refractivity contribution < 1.29 is 19.4 Å². The van der Waals surface area contributed by atoms with Crippen LogP contribution in [0.4, 0.5) is 5.00 Å². The standard InChI is InChI=1S/C19H19Cl2NO4S/c1-19(2,3)9-22-16(23)15(18(24)25)26-14(10-6-4-5-7-12(10)20)11-8-13(21)27-17(11)22/h4-8,14-15H,9H2,1-3H3,(H,24,25). The van der Waals surface area contributed by atoms with Crippen LogP contribution in [0.25, 0.3) is 0 Å². The number of carbonyl (C=O) groups is 2. The summed E-state index contributed by atoms with van der Waals surface area (Å²) in [6, 6.07) is 8.72. The highest BCUT2D eigenvalue weighted by Crippen LogP contribution is 2.46. The molecule has 27 heavy (non-hydrogen) atoms. The normalized spacial score (nSPS) is 20.3. The van der Waals surface area contributed by atoms with E-state index in [1.165, 1.54) is 16.2 Å². The van der Waals surface area contributed by atoms with E-state index >= 15 is 0 Å². The molecular weight excluding hydrogens is 409 g/mol. The van der Waals surface area contributed by atoms with E-state index in [4.69, 9.17) is 27.9 Å². The molecule has 1 aromatic carbocycles. The molecule has 0 fully saturated rings. The third-order valence-electron chi connectivity index (χ3n) is 4.04. The highest BCUT2D eigenvalue weighted by Gasteiger charge is 2.43. The van der Waals surface area contributed by atoms with Crippen molar-refractivity contribution in [3.8, 4) is 0 Å². The molecule has 1 amide bonds. The van der Waals surface area contributed by atoms with Crippen molar-refractivity contribution in [1.82, 2.24) is 0 Å². The first-order chi connectivity index (χ1) is 12.6. The molecule has 2 heterocycles. The number of carboxylic acid groups (broad SMARTS) is 1. The van der Waals surface area contributed by atoms with Gasteiger partial charge in [-0.2, -0.15) is 0 Å². The number of anilines is 1. The molecule has 5 nitrogen and oxygen atoms in total. The molecular formula is C19H19Cl2NO4S. The molecule has 2 aromatic rings. The van der Waals surface area contributed by atoms with Crippen LogP contribution in [-0.4, -0.2) is 29.6 Å². The van der Waals surface area contributed by atoms with Gasteiger partial charge in [0, 0.05) is 22.7 Å². The molecule has 1 aromatic heterocycles. The average Bonchev–Trinajstić information content (AvgIpc) is 2.90. The van der Waals surface area contributed by atoms with E-state index in [9.17, 15) is 14.7 Å². The minimum Gasteiger partial charge on any atom is -0.479 e. The number of halogens is 2. The summed E-state index contributed by atoms with van der Waals surface area (Å²) >= 11 is 13.8. The SMILES string of the molecule is CC(C)(C)CN1C(=O)C(C(=O)O)OC(c2ccccc2Cl)c2cc(Cl)sc21. The number of hydrogen-bond donors (Lipinski definition) is 1. The van der Waals surface area contributed by atoms with Gasteiger partial charge in [-0.3, -0.25) is 4.79 Å². The number of benzene rings is 1. The maximum Gasteiger partial charge on any atom is 0.342 e. The van der Waals surface area contributed by atoms with Gasteiger partial charge in [0.05, 0.1) is 4.34 Å². The Morgan fingerprint density at radius 3 is 2.52 bits per heavy atom. The summed E-state index contributed by atoms with van der Waals surface area (Å²) in [7, 11) is 0. The van der Waals surface area contributed by atoms with Crippen LogP contribution in [0.3, 0.4) is 0 Å². The second-order valence-electron chi connectivity index (χ2n) is 7.55. The second-order valence-corrected chi connectivity index (χ2v) is 9.62. The quantitative estimate of drug-likeness (QED) is 0.699. The number of hydrogen-bond acceptors (Lipinski definition) is 4. The first-order valence-corrected chi connectivity index (χ1v) is 9.89. The molecule has 0 radical (unpaired) electrons. The Morgan fingerprint density at radius 2 is 1.93 bits per heavy atom. The van der Waals surface area contributed by atoms with Gasteiger partial charge in [-0.15, -0.1) is 11.3 Å². The summed E-state index contributed by atoms with van der Waals surface area (Å²) in [6.45, 7) is 6.25. The fourth-order valence-corrected chi connectivity index (χ4v) is 4.48. The zero-order valence-electron chi connectivity index (χ0n) is 15.0. The third kappa shape index (κ3) is 4.14. The highest BCUT2D eigenvalue weighted by atomic mass is 35.5. The van der Waals surface area contributed by atoms with Crippen molar-refractivity contribution in [2.24, 2.45) is 5.41 Å². The van der Waals surface area contributed by atoms with Crippen LogP contribution in [0.5, 0.6) is 0 Å². The van der Waals surface area contributed by atoms with E-state index in [1.54, 1.807) is 30.3 Å². The lowest BCUT2D eigenvalue weighted by Crippen LogP contribution is -2.46. The summed E-state index contributed by atoms with van der Waals surface area (Å²) in [5, 5.41) is 10.6. The summed E-state index contributed by atoms with van der Waals surface area (Å²) < 4.78 is 6.30. The number of nitrogens with zero attached hydrogens (tertiary/aromatic N) is 1. The topological polar surface area (TPSA) is 66.8 Å². The van der Waals surface area contributed by atoms with Gasteiger partial charge in [0.25, 0.3) is 5.91 Å². The van der Waals surface area contributed by atoms with Crippen molar-refractivity contribution in [2.45, 2.75) is 33.0 Å². The van der Waals surface area contributed by atoms with Gasteiger partial charge in [-0.25, -0.2) is 4.79 Å². The maximum atomic E-state index is 13.0.